The molecule has 0 radical (unpaired) electrons. The normalized spacial score (nSPS) is 16.7. The number of piperidine rings is 1. The number of likely N-dealkylation sites (tertiary alicyclic amines) is 1. The number of aryl methyl sites for hydroxylation is 1. The zero-order chi connectivity index (χ0) is 28.5. The number of hydrogen-bond acceptors (Lipinski definition) is 5. The van der Waals surface area contributed by atoms with E-state index in [1.165, 1.54) is 5.56 Å². The molecule has 212 valence electrons. The first-order valence-corrected chi connectivity index (χ1v) is 16.5. The molecule has 0 N–H and O–H groups in total. The van der Waals surface area contributed by atoms with Gasteiger partial charge in [-0.2, -0.15) is 0 Å². The zero-order valence-electron chi connectivity index (χ0n) is 22.7. The first-order valence-electron chi connectivity index (χ1n) is 13.9. The summed E-state index contributed by atoms with van der Waals surface area (Å²) in [4.78, 5) is 6.59. The summed E-state index contributed by atoms with van der Waals surface area (Å²) >= 11 is 12.4. The lowest BCUT2D eigenvalue weighted by molar-refractivity contribution is -0.0163. The largest absolute Gasteiger partial charge is 0.487 e. The van der Waals surface area contributed by atoms with Crippen LogP contribution in [0.15, 0.2) is 85.1 Å². The van der Waals surface area contributed by atoms with Crippen LogP contribution in [0.25, 0.3) is 11.1 Å². The van der Waals surface area contributed by atoms with Gasteiger partial charge in [-0.05, 0) is 96.0 Å². The van der Waals surface area contributed by atoms with Crippen molar-refractivity contribution in [3.8, 4) is 16.9 Å². The third kappa shape index (κ3) is 6.95. The minimum absolute atomic E-state index is 0.00572. The number of hydrogen-bond donors (Lipinski definition) is 0. The van der Waals surface area contributed by atoms with E-state index in [9.17, 15) is 8.42 Å². The van der Waals surface area contributed by atoms with Crippen LogP contribution in [0, 0.1) is 0 Å². The molecule has 5 nitrogen and oxygen atoms in total. The number of halogens is 2. The van der Waals surface area contributed by atoms with Crippen LogP contribution in [0.1, 0.15) is 41.6 Å². The van der Waals surface area contributed by atoms with Gasteiger partial charge in [0.15, 0.2) is 9.84 Å². The summed E-state index contributed by atoms with van der Waals surface area (Å²) in [6.07, 6.45) is 5.59. The Bertz CT molecular complexity index is 1620. The maximum absolute atomic E-state index is 12.7. The average molecular weight is 608 g/mol. The molecule has 2 aliphatic heterocycles. The van der Waals surface area contributed by atoms with Gasteiger partial charge in [-0.15, -0.1) is 0 Å². The van der Waals surface area contributed by atoms with Crippen molar-refractivity contribution < 1.29 is 13.2 Å². The lowest BCUT2D eigenvalue weighted by Crippen LogP contribution is -2.49. The molecule has 0 amide bonds. The number of ether oxygens (including phenoxy) is 1. The van der Waals surface area contributed by atoms with Crippen LogP contribution in [0.4, 0.5) is 0 Å². The Kier molecular flexibility index (Phi) is 8.10. The minimum Gasteiger partial charge on any atom is -0.487 e. The van der Waals surface area contributed by atoms with Gasteiger partial charge in [0.25, 0.3) is 0 Å². The number of nitrogens with zero attached hydrogens (tertiary/aromatic N) is 2. The van der Waals surface area contributed by atoms with Gasteiger partial charge < -0.3 is 4.74 Å². The fraction of sp³-hybridized carbons (Fsp3) is 0.303. The van der Waals surface area contributed by atoms with E-state index in [-0.39, 0.29) is 17.1 Å². The van der Waals surface area contributed by atoms with E-state index in [4.69, 9.17) is 27.9 Å². The fourth-order valence-electron chi connectivity index (χ4n) is 5.94. The van der Waals surface area contributed by atoms with Crippen LogP contribution in [0.2, 0.25) is 10.0 Å². The quantitative estimate of drug-likeness (QED) is 0.217. The number of benzene rings is 3. The van der Waals surface area contributed by atoms with Gasteiger partial charge >= 0.3 is 0 Å². The molecule has 0 bridgehead atoms. The molecule has 1 spiro atoms. The van der Waals surface area contributed by atoms with Gasteiger partial charge in [-0.25, -0.2) is 8.42 Å². The summed E-state index contributed by atoms with van der Waals surface area (Å²) in [6, 6.07) is 25.3. The maximum atomic E-state index is 12.7. The van der Waals surface area contributed by atoms with Crippen molar-refractivity contribution in [1.29, 1.82) is 0 Å². The summed E-state index contributed by atoms with van der Waals surface area (Å²) in [6.45, 7) is 2.79. The molecule has 41 heavy (non-hydrogen) atoms. The number of fused-ring (bicyclic) bond motifs is 1. The molecule has 4 aromatic rings. The Morgan fingerprint density at radius 3 is 2.24 bits per heavy atom. The number of rotatable bonds is 7. The summed E-state index contributed by atoms with van der Waals surface area (Å²) in [5.74, 6) is 0.914. The van der Waals surface area contributed by atoms with E-state index in [0.29, 0.717) is 15.7 Å². The van der Waals surface area contributed by atoms with E-state index in [0.717, 1.165) is 73.3 Å². The second kappa shape index (κ2) is 11.8. The van der Waals surface area contributed by atoms with E-state index in [2.05, 4.69) is 28.1 Å². The predicted molar refractivity (Wildman–Crippen MR) is 165 cm³/mol. The highest BCUT2D eigenvalue weighted by Crippen LogP contribution is 2.41. The molecule has 6 rings (SSSR count). The van der Waals surface area contributed by atoms with Crippen molar-refractivity contribution in [3.05, 3.63) is 117 Å². The Balaban J connectivity index is 1.07. The molecular weight excluding hydrogens is 575 g/mol. The molecule has 2 aliphatic rings. The third-order valence-corrected chi connectivity index (χ3v) is 10.0. The van der Waals surface area contributed by atoms with E-state index < -0.39 is 9.84 Å². The highest BCUT2D eigenvalue weighted by atomic mass is 35.5. The smallest absolute Gasteiger partial charge is 0.160 e. The van der Waals surface area contributed by atoms with Crippen LogP contribution in [-0.2, 0) is 34.3 Å². The number of aromatic nitrogens is 1. The summed E-state index contributed by atoms with van der Waals surface area (Å²) in [5, 5.41) is 1.35. The summed E-state index contributed by atoms with van der Waals surface area (Å²) in [7, 11) is -3.31. The van der Waals surface area contributed by atoms with Crippen LogP contribution < -0.4 is 4.74 Å². The van der Waals surface area contributed by atoms with Gasteiger partial charge in [-0.1, -0.05) is 59.6 Å². The molecule has 3 heterocycles. The summed E-state index contributed by atoms with van der Waals surface area (Å²) in [5.41, 5.74) is 5.77. The Hall–Kier alpha value is -2.90. The van der Waals surface area contributed by atoms with Crippen molar-refractivity contribution in [1.82, 2.24) is 9.88 Å². The van der Waals surface area contributed by atoms with Gasteiger partial charge in [0.05, 0.1) is 17.2 Å². The molecule has 1 fully saturated rings. The highest BCUT2D eigenvalue weighted by molar-refractivity contribution is 7.89. The van der Waals surface area contributed by atoms with Gasteiger partial charge in [0, 0.05) is 35.9 Å². The Morgan fingerprint density at radius 1 is 0.805 bits per heavy atom. The van der Waals surface area contributed by atoms with Crippen LogP contribution >= 0.6 is 23.2 Å². The molecule has 0 aliphatic carbocycles. The van der Waals surface area contributed by atoms with Crippen LogP contribution in [0.3, 0.4) is 0 Å². The zero-order valence-corrected chi connectivity index (χ0v) is 25.1. The predicted octanol–water partition coefficient (Wildman–Crippen LogP) is 7.53. The topological polar surface area (TPSA) is 59.5 Å². The van der Waals surface area contributed by atoms with Crippen LogP contribution in [0.5, 0.6) is 5.75 Å². The number of pyridine rings is 1. The van der Waals surface area contributed by atoms with Crippen molar-refractivity contribution >= 4 is 33.0 Å². The molecule has 0 saturated carbocycles. The Morgan fingerprint density at radius 2 is 1.54 bits per heavy atom. The van der Waals surface area contributed by atoms with Crippen molar-refractivity contribution in [2.45, 2.75) is 49.3 Å². The molecular formula is C33H32Cl2N2O3S. The monoisotopic (exact) mass is 606 g/mol. The van der Waals surface area contributed by atoms with Gasteiger partial charge in [0.2, 0.25) is 0 Å². The van der Waals surface area contributed by atoms with Gasteiger partial charge in [0.1, 0.15) is 11.4 Å². The average Bonchev–Trinajstić information content (AvgIpc) is 2.94. The first kappa shape index (κ1) is 28.2. The van der Waals surface area contributed by atoms with Crippen LogP contribution in [-0.4, -0.2) is 37.0 Å². The lowest BCUT2D eigenvalue weighted by atomic mass is 9.82. The molecule has 0 unspecified atom stereocenters. The summed E-state index contributed by atoms with van der Waals surface area (Å²) < 4.78 is 32.0. The molecule has 3 aromatic carbocycles. The van der Waals surface area contributed by atoms with E-state index in [1.807, 2.05) is 36.4 Å². The molecule has 0 atom stereocenters. The maximum Gasteiger partial charge on any atom is 0.160 e. The third-order valence-electron chi connectivity index (χ3n) is 8.10. The van der Waals surface area contributed by atoms with E-state index >= 15 is 0 Å². The second-order valence-electron chi connectivity index (χ2n) is 11.2. The number of sulfone groups is 1. The molecule has 8 heteroatoms. The standard InChI is InChI=1S/C33H32Cl2N2O3S/c34-29-17-25(18-30(35)20-29)21-37-15-12-33(13-16-37)11-10-28-19-27(8-9-32(28)40-33)26-6-4-24(5-7-26)22-41(38,39)23-31-3-1-2-14-36-31/h1-9,14,17-20H,10-13,15-16,21-23H2. The SMILES string of the molecule is O=S(=O)(Cc1ccc(-c2ccc3c(c2)CCC2(CCN(Cc4cc(Cl)cc(Cl)c4)CC2)O3)cc1)Cc1ccccn1. The first-order chi connectivity index (χ1) is 19.7. The minimum atomic E-state index is -3.31. The van der Waals surface area contributed by atoms with Crippen molar-refractivity contribution in [2.24, 2.45) is 0 Å². The second-order valence-corrected chi connectivity index (χ2v) is 14.1. The lowest BCUT2D eigenvalue weighted by Gasteiger charge is -2.44. The van der Waals surface area contributed by atoms with Gasteiger partial charge in [-0.3, -0.25) is 9.88 Å². The molecule has 1 aromatic heterocycles. The van der Waals surface area contributed by atoms with Crippen molar-refractivity contribution in [2.75, 3.05) is 13.1 Å². The molecule has 1 saturated heterocycles. The van der Waals surface area contributed by atoms with E-state index in [1.54, 1.807) is 30.5 Å². The van der Waals surface area contributed by atoms with Crippen molar-refractivity contribution in [3.63, 3.8) is 0 Å². The highest BCUT2D eigenvalue weighted by Gasteiger charge is 2.39. The fourth-order valence-corrected chi connectivity index (χ4v) is 7.93. The Labute approximate surface area is 252 Å².